The lowest BCUT2D eigenvalue weighted by atomic mass is 10.2. The Hall–Kier alpha value is -2.78. The minimum atomic E-state index is -3.84. The van der Waals surface area contributed by atoms with E-state index in [1.807, 2.05) is 0 Å². The maximum Gasteiger partial charge on any atom is 0.276 e. The van der Waals surface area contributed by atoms with Gasteiger partial charge in [0.05, 0.1) is 10.3 Å². The number of sulfonamides is 1. The van der Waals surface area contributed by atoms with Gasteiger partial charge in [-0.3, -0.25) is 4.79 Å². The van der Waals surface area contributed by atoms with E-state index in [0.717, 1.165) is 12.8 Å². The maximum atomic E-state index is 13.0. The topological polar surface area (TPSA) is 92.5 Å². The highest BCUT2D eigenvalue weighted by Gasteiger charge is 2.26. The number of likely N-dealkylation sites (tertiary alicyclic amines) is 1. The molecule has 146 valence electrons. The van der Waals surface area contributed by atoms with Crippen LogP contribution in [0.3, 0.4) is 0 Å². The monoisotopic (exact) mass is 403 g/mol. The summed E-state index contributed by atoms with van der Waals surface area (Å²) < 4.78 is 45.9. The molecule has 1 aliphatic rings. The molecule has 0 bridgehead atoms. The van der Waals surface area contributed by atoms with Crippen molar-refractivity contribution in [1.29, 1.82) is 0 Å². The van der Waals surface area contributed by atoms with E-state index in [2.05, 4.69) is 9.88 Å². The number of carbonyl (C=O) groups is 1. The molecule has 0 spiro atoms. The third kappa shape index (κ3) is 3.63. The van der Waals surface area contributed by atoms with Crippen LogP contribution in [0.4, 0.5) is 4.39 Å². The zero-order valence-electron chi connectivity index (χ0n) is 14.9. The average molecular weight is 403 g/mol. The summed E-state index contributed by atoms with van der Waals surface area (Å²) in [6.45, 7) is 1.33. The predicted octanol–water partition coefficient (Wildman–Crippen LogP) is 2.68. The number of rotatable bonds is 5. The van der Waals surface area contributed by atoms with Crippen molar-refractivity contribution in [2.24, 2.45) is 0 Å². The molecule has 3 aromatic rings. The molecule has 0 radical (unpaired) electrons. The van der Waals surface area contributed by atoms with E-state index in [-0.39, 0.29) is 28.9 Å². The van der Waals surface area contributed by atoms with Crippen molar-refractivity contribution in [3.63, 3.8) is 0 Å². The Bertz CT molecular complexity index is 1120. The number of amides is 1. The molecule has 2 heterocycles. The fourth-order valence-electron chi connectivity index (χ4n) is 3.17. The zero-order valence-corrected chi connectivity index (χ0v) is 15.7. The highest BCUT2D eigenvalue weighted by atomic mass is 32.2. The average Bonchev–Trinajstić information content (AvgIpc) is 3.36. The lowest BCUT2D eigenvalue weighted by Gasteiger charge is -2.13. The van der Waals surface area contributed by atoms with E-state index in [0.29, 0.717) is 29.6 Å². The van der Waals surface area contributed by atoms with Crippen molar-refractivity contribution >= 4 is 26.9 Å². The van der Waals surface area contributed by atoms with Crippen molar-refractivity contribution < 1.29 is 22.1 Å². The standard InChI is InChI=1S/C19H18FN3O4S/c20-14-5-3-13(4-6-14)12-21-28(25,26)15-7-8-17-16(11-15)18(22-27-17)19(24)23-9-1-2-10-23/h3-8,11,21H,1-2,9-10,12H2. The SMILES string of the molecule is O=C(c1noc2ccc(S(=O)(=O)NCc3ccc(F)cc3)cc12)N1CCCC1. The number of hydrogen-bond acceptors (Lipinski definition) is 5. The van der Waals surface area contributed by atoms with E-state index >= 15 is 0 Å². The summed E-state index contributed by atoms with van der Waals surface area (Å²) in [5, 5.41) is 4.21. The molecule has 28 heavy (non-hydrogen) atoms. The van der Waals surface area contributed by atoms with E-state index < -0.39 is 10.0 Å². The van der Waals surface area contributed by atoms with Crippen LogP contribution in [0.1, 0.15) is 28.9 Å². The molecule has 1 aliphatic heterocycles. The Morgan fingerprint density at radius 1 is 1.14 bits per heavy atom. The molecule has 0 aliphatic carbocycles. The summed E-state index contributed by atoms with van der Waals surface area (Å²) >= 11 is 0. The molecule has 7 nitrogen and oxygen atoms in total. The number of fused-ring (bicyclic) bond motifs is 1. The van der Waals surface area contributed by atoms with E-state index in [9.17, 15) is 17.6 Å². The van der Waals surface area contributed by atoms with Crippen molar-refractivity contribution in [2.45, 2.75) is 24.3 Å². The highest BCUT2D eigenvalue weighted by Crippen LogP contribution is 2.24. The van der Waals surface area contributed by atoms with E-state index in [4.69, 9.17) is 4.52 Å². The van der Waals surface area contributed by atoms with Crippen molar-refractivity contribution in [3.8, 4) is 0 Å². The summed E-state index contributed by atoms with van der Waals surface area (Å²) in [6.07, 6.45) is 1.88. The number of benzene rings is 2. The van der Waals surface area contributed by atoms with Gasteiger partial charge in [0.25, 0.3) is 5.91 Å². The van der Waals surface area contributed by atoms with Crippen LogP contribution >= 0.6 is 0 Å². The molecule has 1 N–H and O–H groups in total. The second-order valence-electron chi connectivity index (χ2n) is 6.64. The van der Waals surface area contributed by atoms with Crippen LogP contribution in [0.15, 0.2) is 51.9 Å². The molecule has 0 saturated carbocycles. The first-order chi connectivity index (χ1) is 13.4. The fraction of sp³-hybridized carbons (Fsp3) is 0.263. The molecule has 1 saturated heterocycles. The van der Waals surface area contributed by atoms with Crippen LogP contribution in [-0.4, -0.2) is 37.5 Å². The molecule has 1 aromatic heterocycles. The second kappa shape index (κ2) is 7.33. The predicted molar refractivity (Wildman–Crippen MR) is 99.6 cm³/mol. The van der Waals surface area contributed by atoms with Gasteiger partial charge in [-0.2, -0.15) is 0 Å². The first-order valence-corrected chi connectivity index (χ1v) is 10.4. The fourth-order valence-corrected chi connectivity index (χ4v) is 4.22. The summed E-state index contributed by atoms with van der Waals surface area (Å²) in [5.41, 5.74) is 1.09. The number of hydrogen-bond donors (Lipinski definition) is 1. The number of halogens is 1. The van der Waals surface area contributed by atoms with Crippen LogP contribution in [0, 0.1) is 5.82 Å². The highest BCUT2D eigenvalue weighted by molar-refractivity contribution is 7.89. The van der Waals surface area contributed by atoms with Gasteiger partial charge in [-0.25, -0.2) is 17.5 Å². The van der Waals surface area contributed by atoms with Gasteiger partial charge in [0.15, 0.2) is 11.3 Å². The van der Waals surface area contributed by atoms with Gasteiger partial charge in [0.2, 0.25) is 10.0 Å². The Kier molecular flexibility index (Phi) is 4.86. The summed E-state index contributed by atoms with van der Waals surface area (Å²) in [6, 6.07) is 9.82. The van der Waals surface area contributed by atoms with E-state index in [1.165, 1.54) is 42.5 Å². The Morgan fingerprint density at radius 3 is 2.57 bits per heavy atom. The summed E-state index contributed by atoms with van der Waals surface area (Å²) in [5.74, 6) is -0.648. The van der Waals surface area contributed by atoms with Crippen molar-refractivity contribution in [1.82, 2.24) is 14.8 Å². The molecular weight excluding hydrogens is 385 g/mol. The normalized spacial score (nSPS) is 14.7. The Balaban J connectivity index is 1.59. The minimum absolute atomic E-state index is 0.000726. The minimum Gasteiger partial charge on any atom is -0.355 e. The third-order valence-electron chi connectivity index (χ3n) is 4.73. The summed E-state index contributed by atoms with van der Waals surface area (Å²) in [7, 11) is -3.84. The lowest BCUT2D eigenvalue weighted by molar-refractivity contribution is 0.0784. The third-order valence-corrected chi connectivity index (χ3v) is 6.13. The lowest BCUT2D eigenvalue weighted by Crippen LogP contribution is -2.28. The zero-order chi connectivity index (χ0) is 19.7. The Labute approximate surface area is 161 Å². The van der Waals surface area contributed by atoms with Gasteiger partial charge in [0.1, 0.15) is 5.82 Å². The van der Waals surface area contributed by atoms with Crippen molar-refractivity contribution in [3.05, 3.63) is 59.5 Å². The second-order valence-corrected chi connectivity index (χ2v) is 8.41. The van der Waals surface area contributed by atoms with Crippen LogP contribution in [0.2, 0.25) is 0 Å². The Morgan fingerprint density at radius 2 is 1.86 bits per heavy atom. The maximum absolute atomic E-state index is 13.0. The molecule has 1 amide bonds. The van der Waals surface area contributed by atoms with Gasteiger partial charge in [0, 0.05) is 19.6 Å². The molecular formula is C19H18FN3O4S. The van der Waals surface area contributed by atoms with Crippen LogP contribution in [-0.2, 0) is 16.6 Å². The molecule has 9 heteroatoms. The van der Waals surface area contributed by atoms with Crippen molar-refractivity contribution in [2.75, 3.05) is 13.1 Å². The number of nitrogens with zero attached hydrogens (tertiary/aromatic N) is 2. The van der Waals surface area contributed by atoms with Gasteiger partial charge in [-0.05, 0) is 48.7 Å². The first-order valence-electron chi connectivity index (χ1n) is 8.87. The van der Waals surface area contributed by atoms with Crippen LogP contribution < -0.4 is 4.72 Å². The number of nitrogens with one attached hydrogen (secondary N) is 1. The largest absolute Gasteiger partial charge is 0.355 e. The summed E-state index contributed by atoms with van der Waals surface area (Å²) in [4.78, 5) is 14.3. The van der Waals surface area contributed by atoms with Gasteiger partial charge in [-0.15, -0.1) is 0 Å². The van der Waals surface area contributed by atoms with Gasteiger partial charge < -0.3 is 9.42 Å². The van der Waals surface area contributed by atoms with Gasteiger partial charge >= 0.3 is 0 Å². The quantitative estimate of drug-likeness (QED) is 0.707. The molecule has 0 unspecified atom stereocenters. The van der Waals surface area contributed by atoms with Crippen LogP contribution in [0.5, 0.6) is 0 Å². The molecule has 0 atom stereocenters. The number of aromatic nitrogens is 1. The molecule has 1 fully saturated rings. The van der Waals surface area contributed by atoms with Crippen LogP contribution in [0.25, 0.3) is 11.0 Å². The number of carbonyl (C=O) groups excluding carboxylic acids is 1. The first kappa shape index (κ1) is 18.6. The van der Waals surface area contributed by atoms with E-state index in [1.54, 1.807) is 4.90 Å². The van der Waals surface area contributed by atoms with Gasteiger partial charge in [-0.1, -0.05) is 17.3 Å². The smallest absolute Gasteiger partial charge is 0.276 e. The molecule has 4 rings (SSSR count). The molecule has 2 aromatic carbocycles.